The smallest absolute Gasteiger partial charge is 0.322 e. The van der Waals surface area contributed by atoms with Crippen molar-refractivity contribution < 1.29 is 13.2 Å². The minimum absolute atomic E-state index is 0.175. The SMILES string of the molecule is CC1=NS(=O)(=O)N(C)C=C1C(=O)Nc1ccc(C)c(C)c1. The molecule has 0 saturated heterocycles. The van der Waals surface area contributed by atoms with E-state index in [2.05, 4.69) is 9.71 Å². The van der Waals surface area contributed by atoms with Crippen LogP contribution in [0.1, 0.15) is 18.1 Å². The molecule has 1 aliphatic rings. The van der Waals surface area contributed by atoms with Crippen LogP contribution in [0.15, 0.2) is 34.4 Å². The van der Waals surface area contributed by atoms with Crippen molar-refractivity contribution in [3.8, 4) is 0 Å². The van der Waals surface area contributed by atoms with Crippen LogP contribution in [-0.2, 0) is 15.0 Å². The summed E-state index contributed by atoms with van der Waals surface area (Å²) >= 11 is 0. The van der Waals surface area contributed by atoms with Crippen molar-refractivity contribution in [2.24, 2.45) is 4.40 Å². The van der Waals surface area contributed by atoms with E-state index in [-0.39, 0.29) is 17.2 Å². The highest BCUT2D eigenvalue weighted by Gasteiger charge is 2.25. The summed E-state index contributed by atoms with van der Waals surface area (Å²) in [6.45, 7) is 5.44. The lowest BCUT2D eigenvalue weighted by atomic mass is 10.1. The minimum atomic E-state index is -3.70. The van der Waals surface area contributed by atoms with Gasteiger partial charge in [-0.2, -0.15) is 8.42 Å². The van der Waals surface area contributed by atoms with Gasteiger partial charge in [-0.05, 0) is 44.0 Å². The van der Waals surface area contributed by atoms with E-state index in [0.717, 1.165) is 15.4 Å². The molecule has 7 heteroatoms. The van der Waals surface area contributed by atoms with Gasteiger partial charge >= 0.3 is 10.2 Å². The monoisotopic (exact) mass is 307 g/mol. The topological polar surface area (TPSA) is 78.8 Å². The van der Waals surface area contributed by atoms with Crippen molar-refractivity contribution in [2.45, 2.75) is 20.8 Å². The second kappa shape index (κ2) is 5.33. The Kier molecular flexibility index (Phi) is 3.87. The van der Waals surface area contributed by atoms with Gasteiger partial charge < -0.3 is 5.32 Å². The van der Waals surface area contributed by atoms with Crippen LogP contribution in [0.2, 0.25) is 0 Å². The van der Waals surface area contributed by atoms with Crippen LogP contribution in [0.5, 0.6) is 0 Å². The molecule has 0 radical (unpaired) electrons. The summed E-state index contributed by atoms with van der Waals surface area (Å²) in [6.07, 6.45) is 1.27. The predicted molar refractivity (Wildman–Crippen MR) is 82.4 cm³/mol. The first-order valence-electron chi connectivity index (χ1n) is 6.36. The van der Waals surface area contributed by atoms with Gasteiger partial charge in [0.15, 0.2) is 0 Å². The summed E-state index contributed by atoms with van der Waals surface area (Å²) in [5, 5.41) is 2.75. The second-order valence-electron chi connectivity index (χ2n) is 4.97. The predicted octanol–water partition coefficient (Wildman–Crippen LogP) is 1.78. The Morgan fingerprint density at radius 3 is 2.48 bits per heavy atom. The van der Waals surface area contributed by atoms with E-state index in [9.17, 15) is 13.2 Å². The zero-order chi connectivity index (χ0) is 15.8. The van der Waals surface area contributed by atoms with E-state index in [1.807, 2.05) is 26.0 Å². The summed E-state index contributed by atoms with van der Waals surface area (Å²) in [5.41, 5.74) is 3.26. The lowest BCUT2D eigenvalue weighted by molar-refractivity contribution is -0.112. The van der Waals surface area contributed by atoms with E-state index in [1.54, 1.807) is 6.07 Å². The van der Waals surface area contributed by atoms with E-state index in [4.69, 9.17) is 0 Å². The quantitative estimate of drug-likeness (QED) is 0.904. The van der Waals surface area contributed by atoms with Crippen LogP contribution in [0.25, 0.3) is 0 Å². The molecule has 1 N–H and O–H groups in total. The lowest BCUT2D eigenvalue weighted by Crippen LogP contribution is -2.30. The Hall–Kier alpha value is -2.15. The molecule has 0 bridgehead atoms. The van der Waals surface area contributed by atoms with Gasteiger partial charge in [0.1, 0.15) is 0 Å². The molecule has 0 spiro atoms. The van der Waals surface area contributed by atoms with Gasteiger partial charge in [0.2, 0.25) is 0 Å². The van der Waals surface area contributed by atoms with Crippen molar-refractivity contribution >= 4 is 27.5 Å². The molecule has 112 valence electrons. The van der Waals surface area contributed by atoms with Crippen molar-refractivity contribution in [1.82, 2.24) is 4.31 Å². The fourth-order valence-corrected chi connectivity index (χ4v) is 2.68. The van der Waals surface area contributed by atoms with E-state index < -0.39 is 10.2 Å². The Balaban J connectivity index is 2.25. The standard InChI is InChI=1S/C14H17N3O3S/c1-9-5-6-12(7-10(9)2)15-14(18)13-8-17(4)21(19,20)16-11(13)3/h5-8H,1-4H3,(H,15,18). The molecule has 1 aromatic carbocycles. The summed E-state index contributed by atoms with van der Waals surface area (Å²) in [7, 11) is -2.36. The van der Waals surface area contributed by atoms with Gasteiger partial charge in [-0.25, -0.2) is 0 Å². The number of carbonyl (C=O) groups excluding carboxylic acids is 1. The minimum Gasteiger partial charge on any atom is -0.322 e. The molecule has 0 aromatic heterocycles. The molecule has 1 heterocycles. The fourth-order valence-electron chi connectivity index (χ4n) is 1.87. The number of nitrogens with zero attached hydrogens (tertiary/aromatic N) is 2. The van der Waals surface area contributed by atoms with Crippen LogP contribution in [0.3, 0.4) is 0 Å². The van der Waals surface area contributed by atoms with Crippen LogP contribution in [0.4, 0.5) is 5.69 Å². The third-order valence-corrected chi connectivity index (χ3v) is 4.66. The maximum absolute atomic E-state index is 12.2. The largest absolute Gasteiger partial charge is 0.344 e. The van der Waals surface area contributed by atoms with Crippen LogP contribution in [0, 0.1) is 13.8 Å². The summed E-state index contributed by atoms with van der Waals surface area (Å²) in [4.78, 5) is 12.2. The third kappa shape index (κ3) is 3.13. The van der Waals surface area contributed by atoms with Gasteiger partial charge in [-0.3, -0.25) is 9.10 Å². The lowest BCUT2D eigenvalue weighted by Gasteiger charge is -2.19. The Morgan fingerprint density at radius 1 is 1.19 bits per heavy atom. The summed E-state index contributed by atoms with van der Waals surface area (Å²) in [6, 6.07) is 5.58. The summed E-state index contributed by atoms with van der Waals surface area (Å²) < 4.78 is 27.6. The van der Waals surface area contributed by atoms with Crippen molar-refractivity contribution in [3.05, 3.63) is 41.1 Å². The molecule has 0 saturated carbocycles. The molecule has 21 heavy (non-hydrogen) atoms. The molecule has 0 unspecified atom stereocenters. The number of amides is 1. The highest BCUT2D eigenvalue weighted by atomic mass is 32.2. The van der Waals surface area contributed by atoms with Crippen molar-refractivity contribution in [3.63, 3.8) is 0 Å². The van der Waals surface area contributed by atoms with Gasteiger partial charge in [-0.1, -0.05) is 6.07 Å². The van der Waals surface area contributed by atoms with Crippen molar-refractivity contribution in [1.29, 1.82) is 0 Å². The number of anilines is 1. The first-order valence-corrected chi connectivity index (χ1v) is 7.76. The number of rotatable bonds is 2. The van der Waals surface area contributed by atoms with E-state index in [1.165, 1.54) is 20.2 Å². The van der Waals surface area contributed by atoms with Gasteiger partial charge in [0, 0.05) is 18.9 Å². The highest BCUT2D eigenvalue weighted by Crippen LogP contribution is 2.18. The zero-order valence-electron chi connectivity index (χ0n) is 12.3. The van der Waals surface area contributed by atoms with Crippen LogP contribution >= 0.6 is 0 Å². The first kappa shape index (κ1) is 15.2. The van der Waals surface area contributed by atoms with E-state index in [0.29, 0.717) is 5.69 Å². The molecule has 6 nitrogen and oxygen atoms in total. The van der Waals surface area contributed by atoms with Gasteiger partial charge in [-0.15, -0.1) is 4.40 Å². The molecule has 0 atom stereocenters. The van der Waals surface area contributed by atoms with Crippen molar-refractivity contribution in [2.75, 3.05) is 12.4 Å². The molecule has 1 aliphatic heterocycles. The Bertz CT molecular complexity index is 764. The maximum atomic E-state index is 12.2. The molecule has 2 rings (SSSR count). The number of benzene rings is 1. The number of carbonyl (C=O) groups is 1. The average molecular weight is 307 g/mol. The Morgan fingerprint density at radius 2 is 1.86 bits per heavy atom. The normalized spacial score (nSPS) is 17.0. The molecule has 0 aliphatic carbocycles. The molecular formula is C14H17N3O3S. The summed E-state index contributed by atoms with van der Waals surface area (Å²) in [5.74, 6) is -0.388. The number of nitrogens with one attached hydrogen (secondary N) is 1. The molecule has 1 amide bonds. The number of hydrogen-bond acceptors (Lipinski definition) is 3. The first-order chi connectivity index (χ1) is 9.70. The van der Waals surface area contributed by atoms with Crippen LogP contribution < -0.4 is 5.32 Å². The Labute approximate surface area is 124 Å². The van der Waals surface area contributed by atoms with Crippen LogP contribution in [-0.4, -0.2) is 31.4 Å². The zero-order valence-corrected chi connectivity index (χ0v) is 13.2. The molecule has 1 aromatic rings. The fraction of sp³-hybridized carbons (Fsp3) is 0.286. The van der Waals surface area contributed by atoms with E-state index >= 15 is 0 Å². The third-order valence-electron chi connectivity index (χ3n) is 3.33. The average Bonchev–Trinajstić information content (AvgIpc) is 2.37. The van der Waals surface area contributed by atoms with Gasteiger partial charge in [0.25, 0.3) is 5.91 Å². The maximum Gasteiger partial charge on any atom is 0.344 e. The van der Waals surface area contributed by atoms with Gasteiger partial charge in [0.05, 0.1) is 11.3 Å². The molecule has 0 fully saturated rings. The molecular weight excluding hydrogens is 290 g/mol. The number of hydrogen-bond donors (Lipinski definition) is 1. The number of aryl methyl sites for hydroxylation is 2. The highest BCUT2D eigenvalue weighted by molar-refractivity contribution is 7.88. The second-order valence-corrected chi connectivity index (χ2v) is 6.62.